The number of nitrogens with zero attached hydrogens (tertiary/aromatic N) is 3. The van der Waals surface area contributed by atoms with Gasteiger partial charge in [0.1, 0.15) is 5.76 Å². The Morgan fingerprint density at radius 3 is 2.56 bits per heavy atom. The number of aliphatic hydroxyl groups is 1. The highest BCUT2D eigenvalue weighted by atomic mass is 16.4. The first-order valence-electron chi connectivity index (χ1n) is 9.32. The van der Waals surface area contributed by atoms with Gasteiger partial charge in [-0.1, -0.05) is 20.8 Å². The Hall–Kier alpha value is -1.37. The van der Waals surface area contributed by atoms with Gasteiger partial charge in [0.25, 0.3) is 5.91 Å². The summed E-state index contributed by atoms with van der Waals surface area (Å²) in [4.78, 5) is 18.8. The number of hydrogen-bond acceptors (Lipinski definition) is 5. The van der Waals surface area contributed by atoms with Crippen molar-refractivity contribution in [2.24, 2.45) is 0 Å². The average Bonchev–Trinajstić information content (AvgIpc) is 3.14. The number of aryl methyl sites for hydroxylation is 1. The minimum atomic E-state index is -0.830. The van der Waals surface area contributed by atoms with Gasteiger partial charge in [-0.05, 0) is 39.7 Å². The van der Waals surface area contributed by atoms with Gasteiger partial charge < -0.3 is 19.3 Å². The molecule has 0 aliphatic carbocycles. The lowest BCUT2D eigenvalue weighted by atomic mass is 10.0. The minimum absolute atomic E-state index is 0.116. The zero-order valence-electron chi connectivity index (χ0n) is 16.3. The van der Waals surface area contributed by atoms with Crippen LogP contribution in [0.1, 0.15) is 49.1 Å². The summed E-state index contributed by atoms with van der Waals surface area (Å²) < 4.78 is 5.87. The van der Waals surface area contributed by atoms with Gasteiger partial charge in [0.05, 0.1) is 12.1 Å². The van der Waals surface area contributed by atoms with Crippen molar-refractivity contribution >= 4 is 5.91 Å². The number of likely N-dealkylation sites (N-methyl/N-ethyl adjacent to an activating group) is 1. The Labute approximate surface area is 151 Å². The summed E-state index contributed by atoms with van der Waals surface area (Å²) in [6.45, 7) is 10.5. The zero-order valence-corrected chi connectivity index (χ0v) is 16.3. The van der Waals surface area contributed by atoms with Gasteiger partial charge in [0.2, 0.25) is 0 Å². The van der Waals surface area contributed by atoms with Gasteiger partial charge in [-0.3, -0.25) is 9.69 Å². The summed E-state index contributed by atoms with van der Waals surface area (Å²) in [6.07, 6.45) is 1.37. The second-order valence-electron chi connectivity index (χ2n) is 7.31. The molecule has 0 aromatic carbocycles. The Balaban J connectivity index is 2.11. The van der Waals surface area contributed by atoms with Crippen LogP contribution in [0.2, 0.25) is 0 Å². The first kappa shape index (κ1) is 19.9. The van der Waals surface area contributed by atoms with Crippen molar-refractivity contribution in [3.8, 4) is 0 Å². The lowest BCUT2D eigenvalue weighted by Gasteiger charge is -2.26. The first-order chi connectivity index (χ1) is 11.8. The third-order valence-electron chi connectivity index (χ3n) is 4.95. The van der Waals surface area contributed by atoms with E-state index in [1.54, 1.807) is 4.90 Å². The third kappa shape index (κ3) is 4.84. The fourth-order valence-electron chi connectivity index (χ4n) is 3.60. The van der Waals surface area contributed by atoms with Gasteiger partial charge in [-0.25, -0.2) is 0 Å². The molecule has 1 aliphatic heterocycles. The summed E-state index contributed by atoms with van der Waals surface area (Å²) in [5.74, 6) is 1.17. The van der Waals surface area contributed by atoms with E-state index in [1.165, 1.54) is 0 Å². The highest BCUT2D eigenvalue weighted by Crippen LogP contribution is 2.26. The van der Waals surface area contributed by atoms with Crippen molar-refractivity contribution < 1.29 is 14.3 Å². The predicted molar refractivity (Wildman–Crippen MR) is 98.7 cm³/mol. The minimum Gasteiger partial charge on any atom is -0.456 e. The number of likely N-dealkylation sites (tertiary alicyclic amines) is 1. The highest BCUT2D eigenvalue weighted by Gasteiger charge is 2.39. The molecule has 1 unspecified atom stereocenters. The predicted octanol–water partition coefficient (Wildman–Crippen LogP) is 1.82. The molecule has 1 saturated heterocycles. The standard InChI is InChI=1S/C19H33N3O3/c1-6-16-15(12-21(7-2)8-3)11-17(25-16)18(23)22-10-9-19(24,14-22)13-20(4)5/h11,24H,6-10,12-14H2,1-5H3. The van der Waals surface area contributed by atoms with Crippen LogP contribution in [0.25, 0.3) is 0 Å². The van der Waals surface area contributed by atoms with Crippen molar-refractivity contribution in [1.82, 2.24) is 14.7 Å². The molecule has 1 fully saturated rings. The number of carbonyl (C=O) groups is 1. The van der Waals surface area contributed by atoms with Gasteiger partial charge in [-0.15, -0.1) is 0 Å². The van der Waals surface area contributed by atoms with E-state index in [1.807, 2.05) is 32.0 Å². The summed E-state index contributed by atoms with van der Waals surface area (Å²) in [7, 11) is 3.87. The molecular formula is C19H33N3O3. The highest BCUT2D eigenvalue weighted by molar-refractivity contribution is 5.92. The molecule has 1 aromatic rings. The largest absolute Gasteiger partial charge is 0.456 e. The van der Waals surface area contributed by atoms with Gasteiger partial charge in [-0.2, -0.15) is 0 Å². The molecule has 6 heteroatoms. The van der Waals surface area contributed by atoms with Crippen LogP contribution in [0, 0.1) is 0 Å². The lowest BCUT2D eigenvalue weighted by molar-refractivity contribution is 0.0231. The number of rotatable bonds is 8. The molecule has 0 bridgehead atoms. The molecule has 142 valence electrons. The molecule has 1 aromatic heterocycles. The van der Waals surface area contributed by atoms with Gasteiger partial charge in [0, 0.05) is 31.6 Å². The molecule has 1 N–H and O–H groups in total. The van der Waals surface area contributed by atoms with E-state index in [-0.39, 0.29) is 5.91 Å². The number of carbonyl (C=O) groups excluding carboxylic acids is 1. The molecule has 0 spiro atoms. The van der Waals surface area contributed by atoms with Crippen LogP contribution >= 0.6 is 0 Å². The van der Waals surface area contributed by atoms with Gasteiger partial charge >= 0.3 is 0 Å². The number of β-amino-alcohol motifs (C(OH)–C–C–N with tert-alkyl or cyclic N) is 1. The third-order valence-corrected chi connectivity index (χ3v) is 4.95. The number of hydrogen-bond donors (Lipinski definition) is 1. The van der Waals surface area contributed by atoms with Crippen LogP contribution in [0.4, 0.5) is 0 Å². The van der Waals surface area contributed by atoms with Crippen molar-refractivity contribution in [2.75, 3.05) is 46.8 Å². The summed E-state index contributed by atoms with van der Waals surface area (Å²) in [5.41, 5.74) is 0.265. The van der Waals surface area contributed by atoms with E-state index < -0.39 is 5.60 Å². The van der Waals surface area contributed by atoms with Crippen LogP contribution in [-0.2, 0) is 13.0 Å². The maximum absolute atomic E-state index is 12.8. The molecule has 25 heavy (non-hydrogen) atoms. The van der Waals surface area contributed by atoms with E-state index in [9.17, 15) is 9.90 Å². The topological polar surface area (TPSA) is 60.2 Å². The van der Waals surface area contributed by atoms with Crippen molar-refractivity contribution in [3.63, 3.8) is 0 Å². The quantitative estimate of drug-likeness (QED) is 0.774. The smallest absolute Gasteiger partial charge is 0.289 e. The SMILES string of the molecule is CCc1oc(C(=O)N2CCC(O)(CN(C)C)C2)cc1CN(CC)CC. The average molecular weight is 351 g/mol. The molecule has 1 atom stereocenters. The lowest BCUT2D eigenvalue weighted by Crippen LogP contribution is -2.43. The fraction of sp³-hybridized carbons (Fsp3) is 0.737. The monoisotopic (exact) mass is 351 g/mol. The van der Waals surface area contributed by atoms with Crippen molar-refractivity contribution in [2.45, 2.75) is 45.8 Å². The zero-order chi connectivity index (χ0) is 18.6. The second kappa shape index (κ2) is 8.34. The molecule has 1 amide bonds. The van der Waals surface area contributed by atoms with Crippen LogP contribution in [0.5, 0.6) is 0 Å². The van der Waals surface area contributed by atoms with Crippen molar-refractivity contribution in [3.05, 3.63) is 23.2 Å². The summed E-state index contributed by atoms with van der Waals surface area (Å²) in [5, 5.41) is 10.6. The van der Waals surface area contributed by atoms with E-state index >= 15 is 0 Å². The normalized spacial score (nSPS) is 20.9. The van der Waals surface area contributed by atoms with Crippen LogP contribution in [0.3, 0.4) is 0 Å². The van der Waals surface area contributed by atoms with Crippen molar-refractivity contribution in [1.29, 1.82) is 0 Å². The van der Waals surface area contributed by atoms with E-state index in [0.717, 1.165) is 37.4 Å². The first-order valence-corrected chi connectivity index (χ1v) is 9.32. The van der Waals surface area contributed by atoms with Crippen LogP contribution < -0.4 is 0 Å². The van der Waals surface area contributed by atoms with E-state index in [0.29, 0.717) is 31.8 Å². The fourth-order valence-corrected chi connectivity index (χ4v) is 3.60. The maximum Gasteiger partial charge on any atom is 0.289 e. The van der Waals surface area contributed by atoms with Crippen LogP contribution in [-0.4, -0.2) is 78.1 Å². The Bertz CT molecular complexity index is 580. The molecule has 2 rings (SSSR count). The summed E-state index contributed by atoms with van der Waals surface area (Å²) >= 11 is 0. The molecule has 1 aliphatic rings. The van der Waals surface area contributed by atoms with Crippen LogP contribution in [0.15, 0.2) is 10.5 Å². The summed E-state index contributed by atoms with van der Waals surface area (Å²) in [6, 6.07) is 1.89. The maximum atomic E-state index is 12.8. The Kier molecular flexibility index (Phi) is 6.65. The van der Waals surface area contributed by atoms with Gasteiger partial charge in [0.15, 0.2) is 5.76 Å². The molecule has 2 heterocycles. The number of amides is 1. The van der Waals surface area contributed by atoms with E-state index in [2.05, 4.69) is 18.7 Å². The molecule has 6 nitrogen and oxygen atoms in total. The van der Waals surface area contributed by atoms with E-state index in [4.69, 9.17) is 4.42 Å². The molecule has 0 saturated carbocycles. The second-order valence-corrected chi connectivity index (χ2v) is 7.31. The Morgan fingerprint density at radius 2 is 2.00 bits per heavy atom. The molecule has 0 radical (unpaired) electrons. The molecular weight excluding hydrogens is 318 g/mol. The Morgan fingerprint density at radius 1 is 1.32 bits per heavy atom. The number of furan rings is 1.